The highest BCUT2D eigenvalue weighted by Crippen LogP contribution is 2.24. The lowest BCUT2D eigenvalue weighted by Crippen LogP contribution is -2.13. The van der Waals surface area contributed by atoms with Gasteiger partial charge in [-0.2, -0.15) is 0 Å². The summed E-state index contributed by atoms with van der Waals surface area (Å²) >= 11 is 3.03. The predicted molar refractivity (Wildman–Crippen MR) is 66.1 cm³/mol. The second kappa shape index (κ2) is 5.78. The maximum atomic E-state index is 13.4. The molecule has 0 radical (unpaired) electrons. The van der Waals surface area contributed by atoms with Gasteiger partial charge in [-0.3, -0.25) is 0 Å². The molecule has 0 aromatic heterocycles. The average molecular weight is 306 g/mol. The van der Waals surface area contributed by atoms with Crippen LogP contribution in [0.4, 0.5) is 14.5 Å². The number of nitrogens with one attached hydrogen (secondary N) is 1. The molecule has 5 heteroatoms. The van der Waals surface area contributed by atoms with E-state index in [0.29, 0.717) is 12.2 Å². The monoisotopic (exact) mass is 305 g/mol. The normalized spacial score (nSPS) is 19.6. The zero-order valence-corrected chi connectivity index (χ0v) is 10.9. The van der Waals surface area contributed by atoms with E-state index in [9.17, 15) is 8.78 Å². The molecule has 1 unspecified atom stereocenters. The standard InChI is InChI=1S/C12H14BrF2NO/c13-9-6-12(11(15)7-10(9)14)16-4-3-8-2-1-5-17-8/h6-8,16H,1-5H2. The van der Waals surface area contributed by atoms with Gasteiger partial charge in [0.2, 0.25) is 0 Å². The molecule has 0 saturated carbocycles. The minimum Gasteiger partial charge on any atom is -0.383 e. The highest BCUT2D eigenvalue weighted by Gasteiger charge is 2.15. The summed E-state index contributed by atoms with van der Waals surface area (Å²) in [6.45, 7) is 1.45. The van der Waals surface area contributed by atoms with Gasteiger partial charge in [0.05, 0.1) is 16.3 Å². The maximum Gasteiger partial charge on any atom is 0.149 e. The second-order valence-corrected chi connectivity index (χ2v) is 4.95. The van der Waals surface area contributed by atoms with E-state index in [1.165, 1.54) is 6.07 Å². The van der Waals surface area contributed by atoms with Crippen molar-refractivity contribution in [3.63, 3.8) is 0 Å². The van der Waals surface area contributed by atoms with Gasteiger partial charge in [-0.25, -0.2) is 8.78 Å². The first kappa shape index (κ1) is 12.8. The molecule has 1 atom stereocenters. The topological polar surface area (TPSA) is 21.3 Å². The van der Waals surface area contributed by atoms with Crippen LogP contribution in [0.3, 0.4) is 0 Å². The first-order valence-electron chi connectivity index (χ1n) is 5.67. The number of benzene rings is 1. The Hall–Kier alpha value is -0.680. The molecule has 2 nitrogen and oxygen atoms in total. The summed E-state index contributed by atoms with van der Waals surface area (Å²) in [7, 11) is 0. The Morgan fingerprint density at radius 2 is 2.18 bits per heavy atom. The molecule has 0 amide bonds. The lowest BCUT2D eigenvalue weighted by Gasteiger charge is -2.12. The van der Waals surface area contributed by atoms with Crippen LogP contribution in [0.15, 0.2) is 16.6 Å². The van der Waals surface area contributed by atoms with Crippen molar-refractivity contribution in [3.05, 3.63) is 28.2 Å². The van der Waals surface area contributed by atoms with Gasteiger partial charge in [-0.15, -0.1) is 0 Å². The van der Waals surface area contributed by atoms with Gasteiger partial charge in [0, 0.05) is 19.2 Å². The van der Waals surface area contributed by atoms with Crippen LogP contribution in [0.2, 0.25) is 0 Å². The molecule has 1 aliphatic rings. The average Bonchev–Trinajstić information content (AvgIpc) is 2.78. The molecule has 0 aliphatic carbocycles. The summed E-state index contributed by atoms with van der Waals surface area (Å²) in [5.41, 5.74) is 0.316. The Labute approximate surface area is 107 Å². The largest absolute Gasteiger partial charge is 0.383 e. The molecular weight excluding hydrogens is 292 g/mol. The molecule has 94 valence electrons. The summed E-state index contributed by atoms with van der Waals surface area (Å²) in [6.07, 6.45) is 3.28. The number of ether oxygens (including phenoxy) is 1. The number of rotatable bonds is 4. The van der Waals surface area contributed by atoms with E-state index < -0.39 is 11.6 Å². The van der Waals surface area contributed by atoms with Crippen LogP contribution in [0.1, 0.15) is 19.3 Å². The Kier molecular flexibility index (Phi) is 4.34. The van der Waals surface area contributed by atoms with Crippen molar-refractivity contribution in [1.29, 1.82) is 0 Å². The van der Waals surface area contributed by atoms with Gasteiger partial charge in [0.1, 0.15) is 11.6 Å². The van der Waals surface area contributed by atoms with Crippen LogP contribution in [0.25, 0.3) is 0 Å². The zero-order chi connectivity index (χ0) is 12.3. The van der Waals surface area contributed by atoms with Gasteiger partial charge in [-0.1, -0.05) is 0 Å². The summed E-state index contributed by atoms with van der Waals surface area (Å²) < 4.78 is 32.1. The third kappa shape index (κ3) is 3.39. The van der Waals surface area contributed by atoms with Crippen molar-refractivity contribution >= 4 is 21.6 Å². The smallest absolute Gasteiger partial charge is 0.149 e. The van der Waals surface area contributed by atoms with Crippen LogP contribution in [0.5, 0.6) is 0 Å². The minimum atomic E-state index is -0.591. The summed E-state index contributed by atoms with van der Waals surface area (Å²) in [6, 6.07) is 2.29. The van der Waals surface area contributed by atoms with E-state index in [4.69, 9.17) is 4.74 Å². The fourth-order valence-electron chi connectivity index (χ4n) is 1.90. The maximum absolute atomic E-state index is 13.4. The van der Waals surface area contributed by atoms with Crippen molar-refractivity contribution in [2.45, 2.75) is 25.4 Å². The second-order valence-electron chi connectivity index (χ2n) is 4.10. The van der Waals surface area contributed by atoms with E-state index in [-0.39, 0.29) is 10.6 Å². The fourth-order valence-corrected chi connectivity index (χ4v) is 2.24. The van der Waals surface area contributed by atoms with Crippen LogP contribution in [-0.4, -0.2) is 19.3 Å². The van der Waals surface area contributed by atoms with Gasteiger partial charge in [0.15, 0.2) is 0 Å². The van der Waals surface area contributed by atoms with Gasteiger partial charge >= 0.3 is 0 Å². The van der Waals surface area contributed by atoms with E-state index >= 15 is 0 Å². The van der Waals surface area contributed by atoms with Crippen molar-refractivity contribution < 1.29 is 13.5 Å². The molecule has 1 aromatic rings. The number of hydrogen-bond acceptors (Lipinski definition) is 2. The predicted octanol–water partition coefficient (Wildman–Crippen LogP) is 3.71. The summed E-state index contributed by atoms with van der Waals surface area (Å²) in [5.74, 6) is -1.16. The number of hydrogen-bond donors (Lipinski definition) is 1. The van der Waals surface area contributed by atoms with Gasteiger partial charge in [0.25, 0.3) is 0 Å². The van der Waals surface area contributed by atoms with E-state index in [2.05, 4.69) is 21.2 Å². The van der Waals surface area contributed by atoms with E-state index in [0.717, 1.165) is 31.9 Å². The number of halogens is 3. The Bertz CT molecular complexity index is 394. The highest BCUT2D eigenvalue weighted by molar-refractivity contribution is 9.10. The van der Waals surface area contributed by atoms with Crippen LogP contribution < -0.4 is 5.32 Å². The molecule has 1 saturated heterocycles. The zero-order valence-electron chi connectivity index (χ0n) is 9.31. The first-order valence-corrected chi connectivity index (χ1v) is 6.46. The number of anilines is 1. The third-order valence-electron chi connectivity index (χ3n) is 2.82. The Morgan fingerprint density at radius 3 is 2.88 bits per heavy atom. The third-order valence-corrected chi connectivity index (χ3v) is 3.42. The fraction of sp³-hybridized carbons (Fsp3) is 0.500. The van der Waals surface area contributed by atoms with Crippen LogP contribution in [0, 0.1) is 11.6 Å². The highest BCUT2D eigenvalue weighted by atomic mass is 79.9. The van der Waals surface area contributed by atoms with E-state index in [1.54, 1.807) is 0 Å². The molecule has 1 N–H and O–H groups in total. The molecule has 0 spiro atoms. The lowest BCUT2D eigenvalue weighted by atomic mass is 10.2. The van der Waals surface area contributed by atoms with Crippen molar-refractivity contribution in [2.24, 2.45) is 0 Å². The molecule has 2 rings (SSSR count). The minimum absolute atomic E-state index is 0.263. The first-order chi connectivity index (χ1) is 8.16. The molecule has 1 heterocycles. The van der Waals surface area contributed by atoms with Crippen molar-refractivity contribution in [3.8, 4) is 0 Å². The SMILES string of the molecule is Fc1cc(F)c(NCCC2CCCO2)cc1Br. The quantitative estimate of drug-likeness (QED) is 0.856. The van der Waals surface area contributed by atoms with Crippen molar-refractivity contribution in [1.82, 2.24) is 0 Å². The molecule has 17 heavy (non-hydrogen) atoms. The van der Waals surface area contributed by atoms with Crippen LogP contribution >= 0.6 is 15.9 Å². The molecular formula is C12H14BrF2NO. The molecule has 1 aliphatic heterocycles. The van der Waals surface area contributed by atoms with Gasteiger partial charge in [-0.05, 0) is 41.3 Å². The Balaban J connectivity index is 1.87. The van der Waals surface area contributed by atoms with Gasteiger partial charge < -0.3 is 10.1 Å². The van der Waals surface area contributed by atoms with E-state index in [1.807, 2.05) is 0 Å². The molecule has 1 aromatic carbocycles. The van der Waals surface area contributed by atoms with Crippen LogP contribution in [-0.2, 0) is 4.74 Å². The lowest BCUT2D eigenvalue weighted by molar-refractivity contribution is 0.107. The summed E-state index contributed by atoms with van der Waals surface area (Å²) in [5, 5.41) is 2.96. The Morgan fingerprint density at radius 1 is 1.35 bits per heavy atom. The molecule has 0 bridgehead atoms. The van der Waals surface area contributed by atoms with Crippen molar-refractivity contribution in [2.75, 3.05) is 18.5 Å². The summed E-state index contributed by atoms with van der Waals surface area (Å²) in [4.78, 5) is 0. The molecule has 1 fully saturated rings.